The molecule has 2 heterocycles. The van der Waals surface area contributed by atoms with Gasteiger partial charge in [0.1, 0.15) is 0 Å². The minimum atomic E-state index is -0.265. The number of aryl methyl sites for hydroxylation is 1. The Morgan fingerprint density at radius 3 is 2.80 bits per heavy atom. The van der Waals surface area contributed by atoms with E-state index in [1.54, 1.807) is 35.6 Å². The standard InChI is InChI=1S/C19H21N3O2S/c1-3-17(23)21-16-6-4-15(5-7-16)19(24)22-9-8-14(11-22)10-18-20-13(2)12-25-18/h3-7,12,14H,1,8-11H2,2H3,(H,21,23). The lowest BCUT2D eigenvalue weighted by molar-refractivity contribution is -0.111. The van der Waals surface area contributed by atoms with Crippen LogP contribution in [0.4, 0.5) is 5.69 Å². The van der Waals surface area contributed by atoms with Crippen molar-refractivity contribution in [2.45, 2.75) is 19.8 Å². The molecule has 1 aromatic heterocycles. The van der Waals surface area contributed by atoms with Crippen molar-refractivity contribution in [2.75, 3.05) is 18.4 Å². The molecule has 1 aliphatic rings. The first kappa shape index (κ1) is 17.4. The van der Waals surface area contributed by atoms with Crippen molar-refractivity contribution in [3.8, 4) is 0 Å². The maximum Gasteiger partial charge on any atom is 0.253 e. The fourth-order valence-corrected chi connectivity index (χ4v) is 3.89. The van der Waals surface area contributed by atoms with E-state index in [1.807, 2.05) is 11.8 Å². The van der Waals surface area contributed by atoms with E-state index in [1.165, 1.54) is 6.08 Å². The molecule has 0 saturated carbocycles. The Kier molecular flexibility index (Phi) is 5.28. The molecule has 1 fully saturated rings. The maximum atomic E-state index is 12.6. The van der Waals surface area contributed by atoms with Crippen LogP contribution in [-0.4, -0.2) is 34.8 Å². The van der Waals surface area contributed by atoms with Gasteiger partial charge in [0.05, 0.1) is 5.01 Å². The number of rotatable bonds is 5. The van der Waals surface area contributed by atoms with Crippen molar-refractivity contribution in [2.24, 2.45) is 5.92 Å². The lowest BCUT2D eigenvalue weighted by atomic mass is 10.1. The van der Waals surface area contributed by atoms with Gasteiger partial charge in [-0.15, -0.1) is 11.3 Å². The molecule has 0 radical (unpaired) electrons. The lowest BCUT2D eigenvalue weighted by Gasteiger charge is -2.16. The van der Waals surface area contributed by atoms with Crippen molar-refractivity contribution < 1.29 is 9.59 Å². The Balaban J connectivity index is 1.58. The minimum Gasteiger partial charge on any atom is -0.338 e. The summed E-state index contributed by atoms with van der Waals surface area (Å²) in [6, 6.07) is 6.97. The monoisotopic (exact) mass is 355 g/mol. The summed E-state index contributed by atoms with van der Waals surface area (Å²) in [5.74, 6) is 0.249. The molecule has 2 aromatic rings. The number of hydrogen-bond acceptors (Lipinski definition) is 4. The molecule has 0 spiro atoms. The summed E-state index contributed by atoms with van der Waals surface area (Å²) in [6.07, 6.45) is 3.17. The van der Waals surface area contributed by atoms with Crippen molar-refractivity contribution in [3.05, 3.63) is 58.6 Å². The number of thiazole rings is 1. The largest absolute Gasteiger partial charge is 0.338 e. The molecule has 1 N–H and O–H groups in total. The van der Waals surface area contributed by atoms with E-state index in [0.29, 0.717) is 17.2 Å². The van der Waals surface area contributed by atoms with Gasteiger partial charge in [0.15, 0.2) is 0 Å². The number of aromatic nitrogens is 1. The van der Waals surface area contributed by atoms with Gasteiger partial charge in [0, 0.05) is 41.8 Å². The zero-order chi connectivity index (χ0) is 17.8. The SMILES string of the molecule is C=CC(=O)Nc1ccc(C(=O)N2CCC(Cc3nc(C)cs3)C2)cc1. The third-order valence-electron chi connectivity index (χ3n) is 4.29. The van der Waals surface area contributed by atoms with Gasteiger partial charge in [-0.3, -0.25) is 9.59 Å². The number of benzene rings is 1. The first-order valence-electron chi connectivity index (χ1n) is 8.29. The molecule has 0 bridgehead atoms. The number of hydrogen-bond donors (Lipinski definition) is 1. The summed E-state index contributed by atoms with van der Waals surface area (Å²) in [4.78, 5) is 30.4. The predicted octanol–water partition coefficient (Wildman–Crippen LogP) is 3.28. The third kappa shape index (κ3) is 4.33. The van der Waals surface area contributed by atoms with Gasteiger partial charge in [0.2, 0.25) is 5.91 Å². The molecule has 1 saturated heterocycles. The molecule has 1 aliphatic heterocycles. The van der Waals surface area contributed by atoms with Crippen LogP contribution in [0.5, 0.6) is 0 Å². The van der Waals surface area contributed by atoms with Gasteiger partial charge in [-0.2, -0.15) is 0 Å². The zero-order valence-corrected chi connectivity index (χ0v) is 15.0. The Morgan fingerprint density at radius 1 is 1.40 bits per heavy atom. The van der Waals surface area contributed by atoms with E-state index in [0.717, 1.165) is 36.6 Å². The average Bonchev–Trinajstić information content (AvgIpc) is 3.24. The second kappa shape index (κ2) is 7.61. The predicted molar refractivity (Wildman–Crippen MR) is 99.8 cm³/mol. The van der Waals surface area contributed by atoms with Crippen LogP contribution in [0.3, 0.4) is 0 Å². The van der Waals surface area contributed by atoms with Crippen LogP contribution in [0.2, 0.25) is 0 Å². The molecule has 1 aromatic carbocycles. The molecule has 2 amide bonds. The number of carbonyl (C=O) groups excluding carboxylic acids is 2. The van der Waals surface area contributed by atoms with E-state index in [2.05, 4.69) is 22.3 Å². The van der Waals surface area contributed by atoms with E-state index < -0.39 is 0 Å². The Morgan fingerprint density at radius 2 is 2.16 bits per heavy atom. The molecule has 6 heteroatoms. The fourth-order valence-electron chi connectivity index (χ4n) is 3.00. The number of nitrogens with zero attached hydrogens (tertiary/aromatic N) is 2. The van der Waals surface area contributed by atoms with Gasteiger partial charge in [-0.25, -0.2) is 4.98 Å². The summed E-state index contributed by atoms with van der Waals surface area (Å²) in [5.41, 5.74) is 2.36. The van der Waals surface area contributed by atoms with E-state index in [9.17, 15) is 9.59 Å². The summed E-state index contributed by atoms with van der Waals surface area (Å²) in [6.45, 7) is 6.97. The topological polar surface area (TPSA) is 62.3 Å². The van der Waals surface area contributed by atoms with E-state index >= 15 is 0 Å². The summed E-state index contributed by atoms with van der Waals surface area (Å²) >= 11 is 1.69. The van der Waals surface area contributed by atoms with Crippen molar-refractivity contribution in [3.63, 3.8) is 0 Å². The number of anilines is 1. The highest BCUT2D eigenvalue weighted by Gasteiger charge is 2.27. The van der Waals surface area contributed by atoms with Gasteiger partial charge < -0.3 is 10.2 Å². The second-order valence-corrected chi connectivity index (χ2v) is 7.21. The van der Waals surface area contributed by atoms with Crippen LogP contribution in [0.1, 0.15) is 27.5 Å². The van der Waals surface area contributed by atoms with Gasteiger partial charge in [0.25, 0.3) is 5.91 Å². The number of likely N-dealkylation sites (tertiary alicyclic amines) is 1. The summed E-state index contributed by atoms with van der Waals surface area (Å²) < 4.78 is 0. The van der Waals surface area contributed by atoms with Crippen LogP contribution in [0.15, 0.2) is 42.3 Å². The first-order valence-corrected chi connectivity index (χ1v) is 9.17. The molecule has 3 rings (SSSR count). The van der Waals surface area contributed by atoms with Crippen LogP contribution < -0.4 is 5.32 Å². The van der Waals surface area contributed by atoms with E-state index in [4.69, 9.17) is 0 Å². The fraction of sp³-hybridized carbons (Fsp3) is 0.316. The van der Waals surface area contributed by atoms with Gasteiger partial charge in [-0.1, -0.05) is 6.58 Å². The number of nitrogens with one attached hydrogen (secondary N) is 1. The van der Waals surface area contributed by atoms with Gasteiger partial charge in [-0.05, 0) is 49.6 Å². The Bertz CT molecular complexity index is 782. The molecule has 1 atom stereocenters. The Hall–Kier alpha value is -2.47. The van der Waals surface area contributed by atoms with Crippen molar-refractivity contribution in [1.29, 1.82) is 0 Å². The molecule has 1 unspecified atom stereocenters. The third-order valence-corrected chi connectivity index (χ3v) is 5.28. The average molecular weight is 355 g/mol. The quantitative estimate of drug-likeness (QED) is 0.837. The van der Waals surface area contributed by atoms with E-state index in [-0.39, 0.29) is 11.8 Å². The zero-order valence-electron chi connectivity index (χ0n) is 14.2. The second-order valence-electron chi connectivity index (χ2n) is 6.26. The Labute approximate surface area is 151 Å². The molecule has 25 heavy (non-hydrogen) atoms. The van der Waals surface area contributed by atoms with Crippen molar-refractivity contribution >= 4 is 28.8 Å². The van der Waals surface area contributed by atoms with Crippen LogP contribution in [-0.2, 0) is 11.2 Å². The summed E-state index contributed by atoms with van der Waals surface area (Å²) in [5, 5.41) is 5.90. The highest BCUT2D eigenvalue weighted by molar-refractivity contribution is 7.09. The highest BCUT2D eigenvalue weighted by Crippen LogP contribution is 2.24. The molecule has 130 valence electrons. The van der Waals surface area contributed by atoms with Crippen molar-refractivity contribution in [1.82, 2.24) is 9.88 Å². The minimum absolute atomic E-state index is 0.0411. The van der Waals surface area contributed by atoms with Crippen LogP contribution in [0.25, 0.3) is 0 Å². The maximum absolute atomic E-state index is 12.6. The number of carbonyl (C=O) groups is 2. The van der Waals surface area contributed by atoms with Gasteiger partial charge >= 0.3 is 0 Å². The summed E-state index contributed by atoms with van der Waals surface area (Å²) in [7, 11) is 0. The molecular formula is C19H21N3O2S. The molecule has 0 aliphatic carbocycles. The lowest BCUT2D eigenvalue weighted by Crippen LogP contribution is -2.28. The van der Waals surface area contributed by atoms with Crippen LogP contribution >= 0.6 is 11.3 Å². The smallest absolute Gasteiger partial charge is 0.253 e. The normalized spacial score (nSPS) is 16.7. The first-order chi connectivity index (χ1) is 12.0. The molecule has 5 nitrogen and oxygen atoms in total. The number of amides is 2. The molecular weight excluding hydrogens is 334 g/mol. The van der Waals surface area contributed by atoms with Crippen LogP contribution in [0, 0.1) is 12.8 Å². The highest BCUT2D eigenvalue weighted by atomic mass is 32.1.